The van der Waals surface area contributed by atoms with Crippen LogP contribution in [0.15, 0.2) is 54.6 Å². The Kier molecular flexibility index (Phi) is 3.24. The van der Waals surface area contributed by atoms with Gasteiger partial charge in [0, 0.05) is 20.3 Å². The number of benzene rings is 2. The summed E-state index contributed by atoms with van der Waals surface area (Å²) in [5, 5.41) is 4.93. The maximum Gasteiger partial charge on any atom is 0.0500 e. The van der Waals surface area contributed by atoms with E-state index >= 15 is 0 Å². The van der Waals surface area contributed by atoms with Gasteiger partial charge in [-0.25, -0.2) is 0 Å². The minimum atomic E-state index is 0. The fraction of sp³-hybridized carbons (Fsp3) is 0.263. The zero-order valence-electron chi connectivity index (χ0n) is 12.1. The van der Waals surface area contributed by atoms with Gasteiger partial charge in [-0.1, -0.05) is 48.5 Å². The average Bonchev–Trinajstić information content (AvgIpc) is 2.96. The Balaban J connectivity index is 0.000000960. The standard InChI is InChI=1S/C19H20N2.2H2/c1-2-7-14(8-3-1)19-18(15-9-6-12-20-13-15)16-10-4-5-11-17(16)21-19;;/h1-5,7-8,10-11,15,20-21H,6,9,12-13H2;2*1H. The van der Waals surface area contributed by atoms with Crippen molar-refractivity contribution in [2.45, 2.75) is 18.8 Å². The lowest BCUT2D eigenvalue weighted by Gasteiger charge is -2.24. The highest BCUT2D eigenvalue weighted by Crippen LogP contribution is 2.37. The molecule has 1 saturated heterocycles. The topological polar surface area (TPSA) is 27.8 Å². The molecule has 2 heterocycles. The summed E-state index contributed by atoms with van der Waals surface area (Å²) in [6, 6.07) is 19.4. The van der Waals surface area contributed by atoms with Gasteiger partial charge >= 0.3 is 0 Å². The van der Waals surface area contributed by atoms with Gasteiger partial charge in [-0.15, -0.1) is 0 Å². The Bertz CT molecular complexity index is 746. The van der Waals surface area contributed by atoms with Crippen LogP contribution in [0.25, 0.3) is 22.2 Å². The summed E-state index contributed by atoms with van der Waals surface area (Å²) in [5.74, 6) is 0.602. The van der Waals surface area contributed by atoms with Gasteiger partial charge in [0.15, 0.2) is 0 Å². The van der Waals surface area contributed by atoms with Gasteiger partial charge in [-0.05, 0) is 42.5 Å². The second-order valence-electron chi connectivity index (χ2n) is 5.87. The molecular formula is C19H24N2. The van der Waals surface area contributed by atoms with E-state index in [-0.39, 0.29) is 2.85 Å². The molecule has 1 aliphatic heterocycles. The smallest absolute Gasteiger partial charge is 0.0500 e. The van der Waals surface area contributed by atoms with Gasteiger partial charge < -0.3 is 10.3 Å². The first-order valence-corrected chi connectivity index (χ1v) is 7.80. The highest BCUT2D eigenvalue weighted by molar-refractivity contribution is 5.91. The predicted molar refractivity (Wildman–Crippen MR) is 92.8 cm³/mol. The summed E-state index contributed by atoms with van der Waals surface area (Å²) < 4.78 is 0. The van der Waals surface area contributed by atoms with E-state index in [1.54, 1.807) is 0 Å². The molecule has 0 saturated carbocycles. The molecule has 1 unspecified atom stereocenters. The lowest BCUT2D eigenvalue weighted by Crippen LogP contribution is -2.28. The highest BCUT2D eigenvalue weighted by Gasteiger charge is 2.23. The zero-order valence-corrected chi connectivity index (χ0v) is 12.1. The molecule has 1 atom stereocenters. The molecule has 110 valence electrons. The van der Waals surface area contributed by atoms with Crippen molar-refractivity contribution in [3.63, 3.8) is 0 Å². The molecule has 2 N–H and O–H groups in total. The fourth-order valence-electron chi connectivity index (χ4n) is 3.52. The molecular weight excluding hydrogens is 256 g/mol. The van der Waals surface area contributed by atoms with Crippen molar-refractivity contribution < 1.29 is 2.85 Å². The van der Waals surface area contributed by atoms with E-state index in [1.807, 2.05) is 0 Å². The van der Waals surface area contributed by atoms with Crippen molar-refractivity contribution in [1.82, 2.24) is 10.3 Å². The highest BCUT2D eigenvalue weighted by atomic mass is 14.9. The molecule has 0 spiro atoms. The quantitative estimate of drug-likeness (QED) is 0.693. The number of hydrogen-bond donors (Lipinski definition) is 2. The van der Waals surface area contributed by atoms with Gasteiger partial charge in [0.2, 0.25) is 0 Å². The number of aromatic nitrogens is 1. The molecule has 0 radical (unpaired) electrons. The normalized spacial score (nSPS) is 19.0. The second-order valence-corrected chi connectivity index (χ2v) is 5.87. The fourth-order valence-corrected chi connectivity index (χ4v) is 3.52. The lowest BCUT2D eigenvalue weighted by molar-refractivity contribution is 0.464. The number of para-hydroxylation sites is 1. The van der Waals surface area contributed by atoms with Gasteiger partial charge in [0.05, 0.1) is 5.69 Å². The Hall–Kier alpha value is -2.06. The number of H-pyrrole nitrogens is 1. The predicted octanol–water partition coefficient (Wildman–Crippen LogP) is 4.79. The van der Waals surface area contributed by atoms with Gasteiger partial charge in [-0.2, -0.15) is 0 Å². The number of piperidine rings is 1. The van der Waals surface area contributed by atoms with Crippen molar-refractivity contribution >= 4 is 10.9 Å². The molecule has 1 fully saturated rings. The van der Waals surface area contributed by atoms with Crippen LogP contribution in [-0.2, 0) is 0 Å². The van der Waals surface area contributed by atoms with Gasteiger partial charge in [0.1, 0.15) is 0 Å². The maximum absolute atomic E-state index is 3.65. The van der Waals surface area contributed by atoms with E-state index in [4.69, 9.17) is 0 Å². The van der Waals surface area contributed by atoms with Crippen LogP contribution in [0.3, 0.4) is 0 Å². The van der Waals surface area contributed by atoms with Crippen molar-refractivity contribution in [2.24, 2.45) is 0 Å². The number of rotatable bonds is 2. The first-order valence-electron chi connectivity index (χ1n) is 7.80. The first-order chi connectivity index (χ1) is 10.4. The van der Waals surface area contributed by atoms with Crippen molar-refractivity contribution in [1.29, 1.82) is 0 Å². The third-order valence-corrected chi connectivity index (χ3v) is 4.51. The molecule has 2 aromatic carbocycles. The van der Waals surface area contributed by atoms with Crippen LogP contribution in [-0.4, -0.2) is 18.1 Å². The molecule has 1 aromatic heterocycles. The SMILES string of the molecule is [HH].[HH].c1ccc(-c2[nH]c3ccccc3c2C2CCCNC2)cc1. The third kappa shape index (κ3) is 2.26. The van der Waals surface area contributed by atoms with Crippen LogP contribution in [0.2, 0.25) is 0 Å². The molecule has 21 heavy (non-hydrogen) atoms. The molecule has 2 nitrogen and oxygen atoms in total. The largest absolute Gasteiger partial charge is 0.354 e. The van der Waals surface area contributed by atoms with E-state index in [9.17, 15) is 0 Å². The minimum Gasteiger partial charge on any atom is -0.354 e. The Labute approximate surface area is 128 Å². The van der Waals surface area contributed by atoms with Gasteiger partial charge in [-0.3, -0.25) is 0 Å². The van der Waals surface area contributed by atoms with Crippen molar-refractivity contribution in [3.8, 4) is 11.3 Å². The summed E-state index contributed by atoms with van der Waals surface area (Å²) >= 11 is 0. The van der Waals surface area contributed by atoms with Crippen LogP contribution < -0.4 is 5.32 Å². The van der Waals surface area contributed by atoms with Crippen LogP contribution in [0.1, 0.15) is 27.2 Å². The Morgan fingerprint density at radius 1 is 0.952 bits per heavy atom. The Morgan fingerprint density at radius 2 is 1.76 bits per heavy atom. The average molecular weight is 280 g/mol. The van der Waals surface area contributed by atoms with E-state index in [1.165, 1.54) is 40.6 Å². The first kappa shape index (κ1) is 12.7. The van der Waals surface area contributed by atoms with E-state index in [2.05, 4.69) is 64.9 Å². The minimum absolute atomic E-state index is 0. The van der Waals surface area contributed by atoms with Crippen molar-refractivity contribution in [3.05, 3.63) is 60.2 Å². The number of fused-ring (bicyclic) bond motifs is 1. The second kappa shape index (κ2) is 5.38. The number of aromatic amines is 1. The van der Waals surface area contributed by atoms with Crippen LogP contribution >= 0.6 is 0 Å². The molecule has 1 aliphatic rings. The molecule has 3 aromatic rings. The van der Waals surface area contributed by atoms with Crippen LogP contribution in [0.4, 0.5) is 0 Å². The summed E-state index contributed by atoms with van der Waals surface area (Å²) in [7, 11) is 0. The van der Waals surface area contributed by atoms with E-state index < -0.39 is 0 Å². The monoisotopic (exact) mass is 280 g/mol. The summed E-state index contributed by atoms with van der Waals surface area (Å²) in [6.45, 7) is 2.24. The zero-order chi connectivity index (χ0) is 14.1. The van der Waals surface area contributed by atoms with Gasteiger partial charge in [0.25, 0.3) is 0 Å². The molecule has 2 heteroatoms. The third-order valence-electron chi connectivity index (χ3n) is 4.51. The molecule has 0 amide bonds. The number of nitrogens with one attached hydrogen (secondary N) is 2. The van der Waals surface area contributed by atoms with E-state index in [0.717, 1.165) is 13.1 Å². The van der Waals surface area contributed by atoms with Crippen molar-refractivity contribution in [2.75, 3.05) is 13.1 Å². The molecule has 4 rings (SSSR count). The summed E-state index contributed by atoms with van der Waals surface area (Å²) in [4.78, 5) is 3.65. The Morgan fingerprint density at radius 3 is 2.57 bits per heavy atom. The summed E-state index contributed by atoms with van der Waals surface area (Å²) in [5.41, 5.74) is 5.32. The molecule has 0 aliphatic carbocycles. The van der Waals surface area contributed by atoms with Crippen LogP contribution in [0.5, 0.6) is 0 Å². The number of hydrogen-bond acceptors (Lipinski definition) is 1. The van der Waals surface area contributed by atoms with Crippen LogP contribution in [0, 0.1) is 0 Å². The maximum atomic E-state index is 3.65. The summed E-state index contributed by atoms with van der Waals surface area (Å²) in [6.07, 6.45) is 2.53. The molecule has 0 bridgehead atoms. The lowest BCUT2D eigenvalue weighted by atomic mass is 9.88. The van der Waals surface area contributed by atoms with E-state index in [0.29, 0.717) is 5.92 Å².